The Bertz CT molecular complexity index is 450. The number of rotatable bonds is 4. The fourth-order valence-electron chi connectivity index (χ4n) is 3.59. The zero-order valence-corrected chi connectivity index (χ0v) is 12.6. The van der Waals surface area contributed by atoms with Crippen LogP contribution in [0.15, 0.2) is 30.3 Å². The third-order valence-corrected chi connectivity index (χ3v) is 4.65. The van der Waals surface area contributed by atoms with Gasteiger partial charge in [0, 0.05) is 12.8 Å². The molecule has 1 aromatic carbocycles. The highest BCUT2D eigenvalue weighted by atomic mass is 15.3. The fraction of sp³-hybridized carbons (Fsp3) is 0.611. The number of fused-ring (bicyclic) bond motifs is 1. The first-order valence-electron chi connectivity index (χ1n) is 8.33. The minimum atomic E-state index is 1.21. The summed E-state index contributed by atoms with van der Waals surface area (Å²) in [6.07, 6.45) is 9.34. The van der Waals surface area contributed by atoms with E-state index in [1.54, 1.807) is 5.84 Å². The molecule has 1 aromatic rings. The van der Waals surface area contributed by atoms with Crippen LogP contribution >= 0.6 is 0 Å². The predicted molar refractivity (Wildman–Crippen MR) is 84.4 cm³/mol. The van der Waals surface area contributed by atoms with Gasteiger partial charge in [-0.1, -0.05) is 30.3 Å². The molecule has 0 atom stereocenters. The van der Waals surface area contributed by atoms with E-state index in [1.165, 1.54) is 76.7 Å². The van der Waals surface area contributed by atoms with E-state index in [-0.39, 0.29) is 0 Å². The number of hydrogen-bond acceptors (Lipinski definition) is 1. The molecule has 0 bridgehead atoms. The minimum Gasteiger partial charge on any atom is -0.266 e. The number of amidine groups is 1. The van der Waals surface area contributed by atoms with E-state index in [4.69, 9.17) is 0 Å². The summed E-state index contributed by atoms with van der Waals surface area (Å²) in [4.78, 5) is 2.67. The van der Waals surface area contributed by atoms with Crippen LogP contribution in [0.5, 0.6) is 0 Å². The number of aryl methyl sites for hydroxylation is 1. The standard InChI is InChI=1S/C18H27N2/c1-3-9-17(10-4-1)11-7-14-20-16-8-15-19-13-6-2-5-12-18(19)20/h1,3-4,9-10H,2,5-8,11-16H2/q+1. The molecule has 0 aromatic heterocycles. The molecule has 0 amide bonds. The van der Waals surface area contributed by atoms with Crippen molar-refractivity contribution in [2.75, 3.05) is 26.2 Å². The van der Waals surface area contributed by atoms with Crippen molar-refractivity contribution in [2.45, 2.75) is 44.9 Å². The van der Waals surface area contributed by atoms with Crippen LogP contribution in [0.4, 0.5) is 0 Å². The monoisotopic (exact) mass is 271 g/mol. The third kappa shape index (κ3) is 3.41. The predicted octanol–water partition coefficient (Wildman–Crippen LogP) is 3.31. The Hall–Kier alpha value is -1.31. The minimum absolute atomic E-state index is 1.21. The van der Waals surface area contributed by atoms with Crippen LogP contribution in [0.25, 0.3) is 0 Å². The van der Waals surface area contributed by atoms with Gasteiger partial charge >= 0.3 is 0 Å². The zero-order chi connectivity index (χ0) is 13.6. The van der Waals surface area contributed by atoms with Crippen molar-refractivity contribution in [3.63, 3.8) is 0 Å². The van der Waals surface area contributed by atoms with Gasteiger partial charge in [-0.15, -0.1) is 0 Å². The molecule has 0 unspecified atom stereocenters. The molecule has 0 spiro atoms. The van der Waals surface area contributed by atoms with Crippen molar-refractivity contribution in [3.8, 4) is 0 Å². The first-order chi connectivity index (χ1) is 9.93. The SMILES string of the molecule is c1ccc(CCC[N+]2=C3CCCCCN3CCC2)cc1. The molecule has 1 saturated heterocycles. The van der Waals surface area contributed by atoms with Crippen LogP contribution in [0.2, 0.25) is 0 Å². The quantitative estimate of drug-likeness (QED) is 0.762. The van der Waals surface area contributed by atoms with Crippen molar-refractivity contribution >= 4 is 5.84 Å². The van der Waals surface area contributed by atoms with Crippen LogP contribution in [0.1, 0.15) is 44.1 Å². The van der Waals surface area contributed by atoms with Crippen LogP contribution in [0.3, 0.4) is 0 Å². The summed E-state index contributed by atoms with van der Waals surface area (Å²) in [5.74, 6) is 1.65. The Kier molecular flexibility index (Phi) is 4.73. The molecule has 3 rings (SSSR count). The van der Waals surface area contributed by atoms with Crippen molar-refractivity contribution in [1.29, 1.82) is 0 Å². The highest BCUT2D eigenvalue weighted by molar-refractivity contribution is 5.78. The number of hydrogen-bond donors (Lipinski definition) is 0. The lowest BCUT2D eigenvalue weighted by atomic mass is 10.1. The van der Waals surface area contributed by atoms with E-state index in [2.05, 4.69) is 39.8 Å². The maximum Gasteiger partial charge on any atom is 0.246 e. The summed E-state index contributed by atoms with van der Waals surface area (Å²) >= 11 is 0. The summed E-state index contributed by atoms with van der Waals surface area (Å²) < 4.78 is 2.68. The Balaban J connectivity index is 1.60. The van der Waals surface area contributed by atoms with Crippen molar-refractivity contribution in [1.82, 2.24) is 4.90 Å². The van der Waals surface area contributed by atoms with E-state index in [1.807, 2.05) is 0 Å². The maximum absolute atomic E-state index is 2.68. The van der Waals surface area contributed by atoms with E-state index >= 15 is 0 Å². The molecule has 2 aliphatic rings. The highest BCUT2D eigenvalue weighted by Gasteiger charge is 2.28. The van der Waals surface area contributed by atoms with E-state index in [9.17, 15) is 0 Å². The Morgan fingerprint density at radius 1 is 0.950 bits per heavy atom. The summed E-state index contributed by atoms with van der Waals surface area (Å²) in [7, 11) is 0. The normalized spacial score (nSPS) is 19.7. The number of benzene rings is 1. The second-order valence-electron chi connectivity index (χ2n) is 6.14. The molecule has 20 heavy (non-hydrogen) atoms. The molecule has 108 valence electrons. The molecule has 0 aliphatic carbocycles. The molecule has 2 heteroatoms. The van der Waals surface area contributed by atoms with Crippen LogP contribution in [-0.2, 0) is 6.42 Å². The van der Waals surface area contributed by atoms with Gasteiger partial charge in [-0.05, 0) is 37.7 Å². The lowest BCUT2D eigenvalue weighted by Gasteiger charge is -2.25. The van der Waals surface area contributed by atoms with Gasteiger partial charge in [0.25, 0.3) is 0 Å². The lowest BCUT2D eigenvalue weighted by molar-refractivity contribution is -0.540. The van der Waals surface area contributed by atoms with E-state index in [0.717, 1.165) is 0 Å². The Morgan fingerprint density at radius 3 is 2.70 bits per heavy atom. The Labute approximate surface area is 123 Å². The van der Waals surface area contributed by atoms with Crippen molar-refractivity contribution in [2.24, 2.45) is 0 Å². The van der Waals surface area contributed by atoms with E-state index in [0.29, 0.717) is 0 Å². The average molecular weight is 271 g/mol. The van der Waals surface area contributed by atoms with Gasteiger partial charge in [0.2, 0.25) is 5.84 Å². The molecule has 1 fully saturated rings. The van der Waals surface area contributed by atoms with Gasteiger partial charge in [0.15, 0.2) is 0 Å². The van der Waals surface area contributed by atoms with Gasteiger partial charge < -0.3 is 0 Å². The van der Waals surface area contributed by atoms with Crippen molar-refractivity contribution < 1.29 is 4.58 Å². The average Bonchev–Trinajstić information content (AvgIpc) is 2.74. The fourth-order valence-corrected chi connectivity index (χ4v) is 3.59. The van der Waals surface area contributed by atoms with Gasteiger partial charge in [0.1, 0.15) is 0 Å². The van der Waals surface area contributed by atoms with Crippen LogP contribution < -0.4 is 0 Å². The molecular weight excluding hydrogens is 244 g/mol. The smallest absolute Gasteiger partial charge is 0.246 e. The summed E-state index contributed by atoms with van der Waals surface area (Å²) in [6, 6.07) is 10.9. The molecule has 0 saturated carbocycles. The summed E-state index contributed by atoms with van der Waals surface area (Å²) in [6.45, 7) is 5.11. The molecule has 2 heterocycles. The topological polar surface area (TPSA) is 6.25 Å². The highest BCUT2D eigenvalue weighted by Crippen LogP contribution is 2.16. The maximum atomic E-state index is 2.68. The van der Waals surface area contributed by atoms with Gasteiger partial charge in [-0.2, -0.15) is 0 Å². The molecule has 2 aliphatic heterocycles. The number of nitrogens with zero attached hydrogens (tertiary/aromatic N) is 2. The largest absolute Gasteiger partial charge is 0.266 e. The first-order valence-corrected chi connectivity index (χ1v) is 8.33. The van der Waals surface area contributed by atoms with Crippen molar-refractivity contribution in [3.05, 3.63) is 35.9 Å². The molecule has 2 nitrogen and oxygen atoms in total. The van der Waals surface area contributed by atoms with Gasteiger partial charge in [-0.3, -0.25) is 9.48 Å². The molecular formula is C18H27N2+. The summed E-state index contributed by atoms with van der Waals surface area (Å²) in [5.41, 5.74) is 1.48. The molecule has 0 N–H and O–H groups in total. The molecule has 0 radical (unpaired) electrons. The second kappa shape index (κ2) is 6.92. The van der Waals surface area contributed by atoms with Crippen LogP contribution in [0, 0.1) is 0 Å². The van der Waals surface area contributed by atoms with Crippen LogP contribution in [-0.4, -0.2) is 41.5 Å². The first kappa shape index (κ1) is 13.7. The Morgan fingerprint density at radius 2 is 1.80 bits per heavy atom. The second-order valence-corrected chi connectivity index (χ2v) is 6.14. The van der Waals surface area contributed by atoms with Gasteiger partial charge in [0.05, 0.1) is 26.2 Å². The third-order valence-electron chi connectivity index (χ3n) is 4.65. The van der Waals surface area contributed by atoms with E-state index < -0.39 is 0 Å². The van der Waals surface area contributed by atoms with Gasteiger partial charge in [-0.25, -0.2) is 0 Å². The summed E-state index contributed by atoms with van der Waals surface area (Å²) in [5, 5.41) is 0. The lowest BCUT2D eigenvalue weighted by Crippen LogP contribution is -2.44. The zero-order valence-electron chi connectivity index (χ0n) is 12.6.